The number of thioether (sulfide) groups is 2. The molecular weight excluding hydrogens is 581 g/mol. The molecule has 3 atom stereocenters. The van der Waals surface area contributed by atoms with E-state index in [0.29, 0.717) is 18.4 Å². The molecule has 0 aliphatic heterocycles. The Morgan fingerprint density at radius 2 is 1.18 bits per heavy atom. The number of ether oxygens (including phenoxy) is 2. The maximum Gasteiger partial charge on any atom is 0.309 e. The van der Waals surface area contributed by atoms with Crippen LogP contribution in [0.15, 0.2) is 101 Å². The molecule has 3 aromatic rings. The molecule has 0 amide bonds. The first-order chi connectivity index (χ1) is 21.7. The van der Waals surface area contributed by atoms with Crippen molar-refractivity contribution in [2.24, 2.45) is 17.8 Å². The fraction of sp³-hybridized carbons (Fsp3) is 0.462. The summed E-state index contributed by atoms with van der Waals surface area (Å²) in [5, 5.41) is 0. The van der Waals surface area contributed by atoms with E-state index in [-0.39, 0.29) is 11.9 Å². The van der Waals surface area contributed by atoms with Crippen molar-refractivity contribution in [3.05, 3.63) is 102 Å². The van der Waals surface area contributed by atoms with Gasteiger partial charge in [0.05, 0.1) is 19.1 Å². The maximum absolute atomic E-state index is 12.3. The molecule has 3 aromatic carbocycles. The van der Waals surface area contributed by atoms with E-state index in [1.807, 2.05) is 23.5 Å². The lowest BCUT2D eigenvalue weighted by Gasteiger charge is -2.16. The van der Waals surface area contributed by atoms with Gasteiger partial charge in [-0.15, -0.1) is 23.5 Å². The van der Waals surface area contributed by atoms with E-state index in [2.05, 4.69) is 91.0 Å². The molecule has 234 valence electrons. The Morgan fingerprint density at radius 1 is 0.636 bits per heavy atom. The zero-order valence-corrected chi connectivity index (χ0v) is 27.7. The molecule has 0 unspecified atom stereocenters. The van der Waals surface area contributed by atoms with Crippen molar-refractivity contribution in [2.75, 3.05) is 13.2 Å². The van der Waals surface area contributed by atoms with Crippen molar-refractivity contribution in [1.29, 1.82) is 0 Å². The molecule has 0 N–H and O–H groups in total. The monoisotopic (exact) mass is 628 g/mol. The molecule has 5 rings (SSSR count). The summed E-state index contributed by atoms with van der Waals surface area (Å²) in [6.45, 7) is 1.37. The zero-order chi connectivity index (χ0) is 30.2. The molecule has 0 saturated heterocycles. The van der Waals surface area contributed by atoms with Crippen LogP contribution in [-0.2, 0) is 21.0 Å². The molecular formula is C39H48O3S2. The molecule has 5 heteroatoms. The van der Waals surface area contributed by atoms with Gasteiger partial charge in [0.2, 0.25) is 0 Å². The van der Waals surface area contributed by atoms with Gasteiger partial charge in [0, 0.05) is 21.3 Å². The number of carbonyl (C=O) groups is 1. The Kier molecular flexibility index (Phi) is 13.7. The van der Waals surface area contributed by atoms with Gasteiger partial charge in [-0.2, -0.15) is 0 Å². The van der Waals surface area contributed by atoms with Gasteiger partial charge in [-0.25, -0.2) is 0 Å². The summed E-state index contributed by atoms with van der Waals surface area (Å²) in [6, 6.07) is 28.0. The van der Waals surface area contributed by atoms with E-state index in [4.69, 9.17) is 9.47 Å². The molecule has 1 saturated carbocycles. The summed E-state index contributed by atoms with van der Waals surface area (Å²) in [5.41, 5.74) is 2.63. The van der Waals surface area contributed by atoms with Crippen LogP contribution in [-0.4, -0.2) is 19.2 Å². The predicted octanol–water partition coefficient (Wildman–Crippen LogP) is 10.9. The average Bonchev–Trinajstić information content (AvgIpc) is 3.70. The quantitative estimate of drug-likeness (QED) is 0.0538. The first-order valence-corrected chi connectivity index (χ1v) is 18.7. The first-order valence-electron chi connectivity index (χ1n) is 16.7. The fourth-order valence-corrected chi connectivity index (χ4v) is 8.01. The summed E-state index contributed by atoms with van der Waals surface area (Å²) in [6.07, 6.45) is 17.5. The molecule has 2 aliphatic carbocycles. The largest absolute Gasteiger partial charge is 0.494 e. The minimum atomic E-state index is 0.0445. The van der Waals surface area contributed by atoms with Gasteiger partial charge < -0.3 is 9.47 Å². The maximum atomic E-state index is 12.3. The molecule has 0 aromatic heterocycles. The molecule has 44 heavy (non-hydrogen) atoms. The van der Waals surface area contributed by atoms with Gasteiger partial charge in [0.15, 0.2) is 0 Å². The van der Waals surface area contributed by atoms with Crippen LogP contribution in [0.1, 0.15) is 81.8 Å². The number of hydrogen-bond acceptors (Lipinski definition) is 5. The third-order valence-corrected chi connectivity index (χ3v) is 10.9. The molecule has 0 radical (unpaired) electrons. The highest BCUT2D eigenvalue weighted by Crippen LogP contribution is 2.43. The summed E-state index contributed by atoms with van der Waals surface area (Å²) in [7, 11) is 0. The van der Waals surface area contributed by atoms with Gasteiger partial charge in [0.1, 0.15) is 5.75 Å². The van der Waals surface area contributed by atoms with Gasteiger partial charge >= 0.3 is 5.97 Å². The normalized spacial score (nSPS) is 18.5. The van der Waals surface area contributed by atoms with Crippen LogP contribution in [0.4, 0.5) is 0 Å². The van der Waals surface area contributed by atoms with Crippen molar-refractivity contribution < 1.29 is 14.3 Å². The number of carbonyl (C=O) groups excluding carboxylic acids is 1. The lowest BCUT2D eigenvalue weighted by atomic mass is 9.94. The highest BCUT2D eigenvalue weighted by atomic mass is 32.2. The van der Waals surface area contributed by atoms with Crippen LogP contribution in [0, 0.1) is 17.8 Å². The van der Waals surface area contributed by atoms with Crippen LogP contribution in [0.5, 0.6) is 5.75 Å². The third-order valence-electron chi connectivity index (χ3n) is 8.71. The Labute approximate surface area is 273 Å². The van der Waals surface area contributed by atoms with Crippen LogP contribution < -0.4 is 4.74 Å². The van der Waals surface area contributed by atoms with E-state index >= 15 is 0 Å². The minimum Gasteiger partial charge on any atom is -0.494 e. The minimum absolute atomic E-state index is 0.0445. The van der Waals surface area contributed by atoms with Crippen LogP contribution in [0.2, 0.25) is 0 Å². The predicted molar refractivity (Wildman–Crippen MR) is 185 cm³/mol. The number of benzene rings is 3. The van der Waals surface area contributed by atoms with E-state index in [1.54, 1.807) is 0 Å². The number of unbranched alkanes of at least 4 members (excludes halogenated alkanes) is 8. The van der Waals surface area contributed by atoms with Crippen molar-refractivity contribution in [3.8, 4) is 5.75 Å². The number of rotatable bonds is 20. The standard InChI is InChI=1S/C39H48O3S2/c40-39(38-28-31-20-21-34(38)25-31)42-23-15-7-5-3-1-2-4-6-14-22-41-35-26-32(29-43-36-16-10-8-11-17-36)24-33(27-35)30-44-37-18-12-9-13-19-37/h8-13,16-21,24,26-27,31,34,38H,1-7,14-15,22-23,25,28-30H2/t31-,34+,38+/m1/s1. The lowest BCUT2D eigenvalue weighted by molar-refractivity contribution is -0.149. The van der Waals surface area contributed by atoms with Crippen molar-refractivity contribution >= 4 is 29.5 Å². The van der Waals surface area contributed by atoms with E-state index in [1.165, 1.54) is 59.4 Å². The average molecular weight is 629 g/mol. The Balaban J connectivity index is 0.926. The highest BCUT2D eigenvalue weighted by molar-refractivity contribution is 7.98. The number of allylic oxidation sites excluding steroid dienone is 2. The smallest absolute Gasteiger partial charge is 0.309 e. The zero-order valence-electron chi connectivity index (χ0n) is 26.0. The van der Waals surface area contributed by atoms with E-state index < -0.39 is 0 Å². The van der Waals surface area contributed by atoms with Gasteiger partial charge in [0.25, 0.3) is 0 Å². The SMILES string of the molecule is O=C(OCCCCCCCCCCCOc1cc(CSc2ccccc2)cc(CSc2ccccc2)c1)[C@H]1C[C@@H]2C=C[C@H]1C2. The molecule has 0 heterocycles. The molecule has 3 nitrogen and oxygen atoms in total. The molecule has 2 aliphatic rings. The third kappa shape index (κ3) is 11.1. The van der Waals surface area contributed by atoms with Gasteiger partial charge in [-0.05, 0) is 85.0 Å². The second-order valence-electron chi connectivity index (χ2n) is 12.3. The molecule has 1 fully saturated rings. The Morgan fingerprint density at radius 3 is 1.70 bits per heavy atom. The van der Waals surface area contributed by atoms with Crippen molar-refractivity contribution in [3.63, 3.8) is 0 Å². The summed E-state index contributed by atoms with van der Waals surface area (Å²) in [4.78, 5) is 14.9. The topological polar surface area (TPSA) is 35.5 Å². The summed E-state index contributed by atoms with van der Waals surface area (Å²) >= 11 is 3.75. The number of fused-ring (bicyclic) bond motifs is 2. The Hall–Kier alpha value is -2.63. The first kappa shape index (κ1) is 32.8. The number of esters is 1. The van der Waals surface area contributed by atoms with Crippen LogP contribution in [0.3, 0.4) is 0 Å². The number of hydrogen-bond donors (Lipinski definition) is 0. The van der Waals surface area contributed by atoms with Gasteiger partial charge in [-0.1, -0.05) is 99.6 Å². The second kappa shape index (κ2) is 18.4. The van der Waals surface area contributed by atoms with Gasteiger partial charge in [-0.3, -0.25) is 4.79 Å². The van der Waals surface area contributed by atoms with Crippen LogP contribution >= 0.6 is 23.5 Å². The van der Waals surface area contributed by atoms with E-state index in [0.717, 1.165) is 56.0 Å². The second-order valence-corrected chi connectivity index (χ2v) is 14.4. The van der Waals surface area contributed by atoms with E-state index in [9.17, 15) is 4.79 Å². The molecule has 2 bridgehead atoms. The fourth-order valence-electron chi connectivity index (χ4n) is 6.31. The Bertz CT molecular complexity index is 1230. The van der Waals surface area contributed by atoms with Crippen molar-refractivity contribution in [1.82, 2.24) is 0 Å². The highest BCUT2D eigenvalue weighted by Gasteiger charge is 2.40. The van der Waals surface area contributed by atoms with Crippen molar-refractivity contribution in [2.45, 2.75) is 91.9 Å². The lowest BCUT2D eigenvalue weighted by Crippen LogP contribution is -2.21. The molecule has 0 spiro atoms. The summed E-state index contributed by atoms with van der Waals surface area (Å²) < 4.78 is 11.9. The van der Waals surface area contributed by atoms with Crippen LogP contribution in [0.25, 0.3) is 0 Å². The summed E-state index contributed by atoms with van der Waals surface area (Å²) in [5.74, 6) is 4.12.